The number of carbonyl (C=O) groups is 2. The molecule has 0 saturated heterocycles. The van der Waals surface area contributed by atoms with Crippen molar-refractivity contribution in [2.75, 3.05) is 25.6 Å². The van der Waals surface area contributed by atoms with E-state index in [-0.39, 0.29) is 29.3 Å². The van der Waals surface area contributed by atoms with E-state index in [1.165, 1.54) is 49.6 Å². The van der Waals surface area contributed by atoms with Crippen molar-refractivity contribution in [2.24, 2.45) is 0 Å². The second-order valence-electron chi connectivity index (χ2n) is 6.05. The second kappa shape index (κ2) is 11.5. The van der Waals surface area contributed by atoms with Gasteiger partial charge < -0.3 is 19.5 Å². The van der Waals surface area contributed by atoms with Crippen LogP contribution in [0.25, 0.3) is 6.08 Å². The molecule has 10 nitrogen and oxygen atoms in total. The van der Waals surface area contributed by atoms with Crippen molar-refractivity contribution in [3.8, 4) is 17.6 Å². The van der Waals surface area contributed by atoms with Crippen LogP contribution in [0.5, 0.6) is 11.5 Å². The molecule has 1 N–H and O–H groups in total. The van der Waals surface area contributed by atoms with Crippen LogP contribution in [0.1, 0.15) is 12.5 Å². The summed E-state index contributed by atoms with van der Waals surface area (Å²) in [7, 11) is 1.24. The van der Waals surface area contributed by atoms with Crippen LogP contribution < -0.4 is 14.8 Å². The SMILES string of the molecule is CCOc1cc(/C=C(\C#N)C(=O)Nc2cccc([N+](=O)[O-])c2)c(Br)cc1OCC(=O)OC. The number of nitriles is 1. The molecule has 2 aromatic rings. The van der Waals surface area contributed by atoms with Gasteiger partial charge in [-0.15, -0.1) is 0 Å². The number of esters is 1. The number of anilines is 1. The van der Waals surface area contributed by atoms with Gasteiger partial charge in [0.2, 0.25) is 0 Å². The van der Waals surface area contributed by atoms with Crippen molar-refractivity contribution in [2.45, 2.75) is 6.92 Å². The van der Waals surface area contributed by atoms with E-state index >= 15 is 0 Å². The fourth-order valence-corrected chi connectivity index (χ4v) is 2.87. The van der Waals surface area contributed by atoms with E-state index in [1.54, 1.807) is 6.92 Å². The Morgan fingerprint density at radius 2 is 1.97 bits per heavy atom. The van der Waals surface area contributed by atoms with E-state index in [4.69, 9.17) is 9.47 Å². The Labute approximate surface area is 191 Å². The fraction of sp³-hybridized carbons (Fsp3) is 0.190. The summed E-state index contributed by atoms with van der Waals surface area (Å²) < 4.78 is 16.0. The minimum atomic E-state index is -0.746. The third-order valence-corrected chi connectivity index (χ3v) is 4.60. The van der Waals surface area contributed by atoms with Gasteiger partial charge in [-0.25, -0.2) is 4.79 Å². The van der Waals surface area contributed by atoms with Crippen LogP contribution in [0, 0.1) is 21.4 Å². The van der Waals surface area contributed by atoms with Crippen LogP contribution in [0.3, 0.4) is 0 Å². The minimum absolute atomic E-state index is 0.172. The van der Waals surface area contributed by atoms with Crippen LogP contribution >= 0.6 is 15.9 Å². The summed E-state index contributed by atoms with van der Waals surface area (Å²) in [5.74, 6) is -0.760. The predicted molar refractivity (Wildman–Crippen MR) is 118 cm³/mol. The molecule has 0 bridgehead atoms. The van der Waals surface area contributed by atoms with Gasteiger partial charge in [-0.3, -0.25) is 14.9 Å². The van der Waals surface area contributed by atoms with E-state index in [2.05, 4.69) is 26.0 Å². The Kier molecular flexibility index (Phi) is 8.73. The summed E-state index contributed by atoms with van der Waals surface area (Å²) in [5.41, 5.74) is 0.162. The lowest BCUT2D eigenvalue weighted by molar-refractivity contribution is -0.384. The molecule has 0 atom stereocenters. The highest BCUT2D eigenvalue weighted by molar-refractivity contribution is 9.10. The highest BCUT2D eigenvalue weighted by atomic mass is 79.9. The summed E-state index contributed by atoms with van der Waals surface area (Å²) in [6, 6.07) is 10.2. The Morgan fingerprint density at radius 3 is 2.59 bits per heavy atom. The average Bonchev–Trinajstić information content (AvgIpc) is 2.77. The van der Waals surface area contributed by atoms with E-state index in [9.17, 15) is 25.0 Å². The zero-order valence-corrected chi connectivity index (χ0v) is 18.7. The molecule has 2 aromatic carbocycles. The van der Waals surface area contributed by atoms with Gasteiger partial charge >= 0.3 is 5.97 Å². The molecule has 0 aliphatic heterocycles. The number of carbonyl (C=O) groups excluding carboxylic acids is 2. The van der Waals surface area contributed by atoms with Crippen molar-refractivity contribution in [3.05, 3.63) is 62.1 Å². The number of nitro benzene ring substituents is 1. The lowest BCUT2D eigenvalue weighted by Crippen LogP contribution is -2.14. The highest BCUT2D eigenvalue weighted by Crippen LogP contribution is 2.35. The lowest BCUT2D eigenvalue weighted by atomic mass is 10.1. The fourth-order valence-electron chi connectivity index (χ4n) is 2.44. The van der Waals surface area contributed by atoms with Crippen molar-refractivity contribution < 1.29 is 28.7 Å². The second-order valence-corrected chi connectivity index (χ2v) is 6.90. The zero-order chi connectivity index (χ0) is 23.7. The first-order valence-corrected chi connectivity index (χ1v) is 9.91. The predicted octanol–water partition coefficient (Wildman–Crippen LogP) is 3.85. The molecule has 0 saturated carbocycles. The van der Waals surface area contributed by atoms with Gasteiger partial charge in [-0.05, 0) is 36.8 Å². The summed E-state index contributed by atoms with van der Waals surface area (Å²) in [5, 5.41) is 22.8. The molecule has 11 heteroatoms. The minimum Gasteiger partial charge on any atom is -0.490 e. The smallest absolute Gasteiger partial charge is 0.343 e. The number of nitro groups is 1. The summed E-state index contributed by atoms with van der Waals surface area (Å²) in [4.78, 5) is 34.2. The Balaban J connectivity index is 2.32. The first kappa shape index (κ1) is 24.4. The van der Waals surface area contributed by atoms with Gasteiger partial charge in [0.15, 0.2) is 18.1 Å². The maximum atomic E-state index is 12.5. The third-order valence-electron chi connectivity index (χ3n) is 3.92. The molecule has 0 radical (unpaired) electrons. The van der Waals surface area contributed by atoms with Crippen LogP contribution in [-0.4, -0.2) is 37.1 Å². The first-order valence-electron chi connectivity index (χ1n) is 9.12. The molecule has 0 fully saturated rings. The summed E-state index contributed by atoms with van der Waals surface area (Å²) in [6.45, 7) is 1.74. The van der Waals surface area contributed by atoms with Gasteiger partial charge in [0.1, 0.15) is 11.6 Å². The number of methoxy groups -OCH3 is 1. The van der Waals surface area contributed by atoms with Crippen molar-refractivity contribution in [1.82, 2.24) is 0 Å². The number of rotatable bonds is 9. The van der Waals surface area contributed by atoms with Gasteiger partial charge in [0, 0.05) is 22.3 Å². The van der Waals surface area contributed by atoms with Crippen LogP contribution in [0.4, 0.5) is 11.4 Å². The molecule has 0 aromatic heterocycles. The van der Waals surface area contributed by atoms with Crippen molar-refractivity contribution >= 4 is 45.3 Å². The molecule has 32 heavy (non-hydrogen) atoms. The largest absolute Gasteiger partial charge is 0.490 e. The number of halogens is 1. The maximum Gasteiger partial charge on any atom is 0.343 e. The monoisotopic (exact) mass is 503 g/mol. The highest BCUT2D eigenvalue weighted by Gasteiger charge is 2.16. The van der Waals surface area contributed by atoms with Crippen molar-refractivity contribution in [1.29, 1.82) is 5.26 Å². The van der Waals surface area contributed by atoms with Gasteiger partial charge in [-0.2, -0.15) is 5.26 Å². The van der Waals surface area contributed by atoms with Crippen LogP contribution in [0.15, 0.2) is 46.4 Å². The quantitative estimate of drug-likeness (QED) is 0.179. The summed E-state index contributed by atoms with van der Waals surface area (Å²) in [6.07, 6.45) is 1.32. The lowest BCUT2D eigenvalue weighted by Gasteiger charge is -2.13. The van der Waals surface area contributed by atoms with Gasteiger partial charge in [-0.1, -0.05) is 22.0 Å². The van der Waals surface area contributed by atoms with E-state index < -0.39 is 16.8 Å². The standard InChI is InChI=1S/C21H18BrN3O7/c1-3-31-18-8-13(17(22)10-19(18)32-12-20(26)30-2)7-14(11-23)21(27)24-15-5-4-6-16(9-15)25(28)29/h4-10H,3,12H2,1-2H3,(H,24,27)/b14-7+. The van der Waals surface area contributed by atoms with Crippen molar-refractivity contribution in [3.63, 3.8) is 0 Å². The first-order chi connectivity index (χ1) is 15.3. The Hall–Kier alpha value is -3.91. The number of nitrogens with one attached hydrogen (secondary N) is 1. The topological polar surface area (TPSA) is 141 Å². The van der Waals surface area contributed by atoms with E-state index in [1.807, 2.05) is 6.07 Å². The van der Waals surface area contributed by atoms with Gasteiger partial charge in [0.25, 0.3) is 11.6 Å². The number of nitrogens with zero attached hydrogens (tertiary/aromatic N) is 2. The average molecular weight is 504 g/mol. The molecule has 0 unspecified atom stereocenters. The number of amides is 1. The normalized spacial score (nSPS) is 10.6. The van der Waals surface area contributed by atoms with Gasteiger partial charge in [0.05, 0.1) is 18.6 Å². The van der Waals surface area contributed by atoms with Crippen LogP contribution in [-0.2, 0) is 14.3 Å². The molecular formula is C21H18BrN3O7. The molecule has 0 aliphatic carbocycles. The number of non-ortho nitro benzene ring substituents is 1. The van der Waals surface area contributed by atoms with E-state index in [0.29, 0.717) is 22.4 Å². The number of benzene rings is 2. The number of hydrogen-bond acceptors (Lipinski definition) is 8. The number of hydrogen-bond donors (Lipinski definition) is 1. The molecule has 0 heterocycles. The third kappa shape index (κ3) is 6.55. The zero-order valence-electron chi connectivity index (χ0n) is 17.1. The Bertz CT molecular complexity index is 1110. The molecule has 2 rings (SSSR count). The van der Waals surface area contributed by atoms with Crippen LogP contribution in [0.2, 0.25) is 0 Å². The number of ether oxygens (including phenoxy) is 3. The molecule has 0 aliphatic rings. The summed E-state index contributed by atoms with van der Waals surface area (Å²) >= 11 is 3.34. The molecule has 166 valence electrons. The Morgan fingerprint density at radius 1 is 1.25 bits per heavy atom. The van der Waals surface area contributed by atoms with E-state index in [0.717, 1.165) is 0 Å². The molecule has 1 amide bonds. The molecular weight excluding hydrogens is 486 g/mol. The maximum absolute atomic E-state index is 12.5. The molecule has 0 spiro atoms.